The van der Waals surface area contributed by atoms with E-state index in [4.69, 9.17) is 4.74 Å². The van der Waals surface area contributed by atoms with Crippen LogP contribution >= 0.6 is 0 Å². The minimum atomic E-state index is -0.165. The van der Waals surface area contributed by atoms with Gasteiger partial charge in [-0.3, -0.25) is 0 Å². The van der Waals surface area contributed by atoms with Crippen LogP contribution in [0.1, 0.15) is 24.8 Å². The highest BCUT2D eigenvalue weighted by Crippen LogP contribution is 2.31. The first-order chi connectivity index (χ1) is 9.11. The number of ether oxygens (including phenoxy) is 1. The van der Waals surface area contributed by atoms with Crippen LogP contribution in [0.15, 0.2) is 18.2 Å². The molecular weight excluding hydrogens is 242 g/mol. The molecule has 0 radical (unpaired) electrons. The number of aliphatic hydroxyl groups is 1. The van der Waals surface area contributed by atoms with Crippen molar-refractivity contribution in [3.63, 3.8) is 0 Å². The molecular formula is C15H23NO3. The van der Waals surface area contributed by atoms with E-state index in [1.165, 1.54) is 0 Å². The highest BCUT2D eigenvalue weighted by molar-refractivity contribution is 5.45. The summed E-state index contributed by atoms with van der Waals surface area (Å²) < 4.78 is 5.11. The Labute approximate surface area is 114 Å². The van der Waals surface area contributed by atoms with Crippen LogP contribution in [-0.2, 0) is 6.54 Å². The Morgan fingerprint density at radius 3 is 2.79 bits per heavy atom. The summed E-state index contributed by atoms with van der Waals surface area (Å²) in [5.74, 6) is 1.08. The zero-order chi connectivity index (χ0) is 13.8. The van der Waals surface area contributed by atoms with Gasteiger partial charge in [-0.25, -0.2) is 0 Å². The molecule has 0 heterocycles. The van der Waals surface area contributed by atoms with Gasteiger partial charge in [-0.05, 0) is 31.9 Å². The van der Waals surface area contributed by atoms with Gasteiger partial charge in [0.15, 0.2) is 11.5 Å². The van der Waals surface area contributed by atoms with Crippen molar-refractivity contribution in [2.45, 2.75) is 31.9 Å². The van der Waals surface area contributed by atoms with E-state index < -0.39 is 0 Å². The molecule has 19 heavy (non-hydrogen) atoms. The molecule has 4 heteroatoms. The van der Waals surface area contributed by atoms with Crippen molar-refractivity contribution in [2.24, 2.45) is 5.92 Å². The van der Waals surface area contributed by atoms with Gasteiger partial charge in [0, 0.05) is 18.7 Å². The number of hydrogen-bond donors (Lipinski definition) is 2. The molecule has 1 aromatic rings. The predicted molar refractivity (Wildman–Crippen MR) is 74.3 cm³/mol. The zero-order valence-corrected chi connectivity index (χ0v) is 11.7. The number of phenols is 1. The molecule has 1 aromatic carbocycles. The van der Waals surface area contributed by atoms with Crippen molar-refractivity contribution in [2.75, 3.05) is 20.7 Å². The van der Waals surface area contributed by atoms with Gasteiger partial charge in [0.2, 0.25) is 0 Å². The fourth-order valence-corrected chi connectivity index (χ4v) is 2.85. The minimum absolute atomic E-state index is 0.165. The van der Waals surface area contributed by atoms with Crippen molar-refractivity contribution < 1.29 is 14.9 Å². The topological polar surface area (TPSA) is 52.9 Å². The quantitative estimate of drug-likeness (QED) is 0.855. The maximum absolute atomic E-state index is 10.0. The summed E-state index contributed by atoms with van der Waals surface area (Å²) in [5.41, 5.74) is 0.856. The number of rotatable bonds is 5. The normalized spacial score (nSPS) is 22.9. The monoisotopic (exact) mass is 265 g/mol. The Hall–Kier alpha value is -1.26. The summed E-state index contributed by atoms with van der Waals surface area (Å²) in [7, 11) is 3.57. The lowest BCUT2D eigenvalue weighted by Gasteiger charge is -2.23. The van der Waals surface area contributed by atoms with Crippen molar-refractivity contribution in [3.8, 4) is 11.5 Å². The number of hydrogen-bond acceptors (Lipinski definition) is 4. The smallest absolute Gasteiger partial charge is 0.162 e. The van der Waals surface area contributed by atoms with Crippen molar-refractivity contribution in [3.05, 3.63) is 23.8 Å². The molecule has 0 saturated heterocycles. The first-order valence-corrected chi connectivity index (χ1v) is 6.83. The van der Waals surface area contributed by atoms with E-state index >= 15 is 0 Å². The lowest BCUT2D eigenvalue weighted by Crippen LogP contribution is -2.29. The average molecular weight is 265 g/mol. The van der Waals surface area contributed by atoms with Crippen LogP contribution in [0.25, 0.3) is 0 Å². The molecule has 1 fully saturated rings. The minimum Gasteiger partial charge on any atom is -0.504 e. The summed E-state index contributed by atoms with van der Waals surface area (Å²) in [5, 5.41) is 19.9. The van der Waals surface area contributed by atoms with Crippen molar-refractivity contribution >= 4 is 0 Å². The van der Waals surface area contributed by atoms with Crippen LogP contribution in [0.2, 0.25) is 0 Å². The van der Waals surface area contributed by atoms with Gasteiger partial charge in [0.25, 0.3) is 0 Å². The summed E-state index contributed by atoms with van der Waals surface area (Å²) in [4.78, 5) is 2.15. The average Bonchev–Trinajstić information content (AvgIpc) is 2.78. The van der Waals surface area contributed by atoms with E-state index in [1.54, 1.807) is 13.2 Å². The Morgan fingerprint density at radius 2 is 2.16 bits per heavy atom. The molecule has 0 bridgehead atoms. The van der Waals surface area contributed by atoms with Crippen LogP contribution in [0.3, 0.4) is 0 Å². The molecule has 0 spiro atoms. The van der Waals surface area contributed by atoms with Crippen LogP contribution in [0.4, 0.5) is 0 Å². The maximum Gasteiger partial charge on any atom is 0.162 e. The van der Waals surface area contributed by atoms with Crippen LogP contribution < -0.4 is 4.74 Å². The van der Waals surface area contributed by atoms with E-state index in [2.05, 4.69) is 4.90 Å². The summed E-state index contributed by atoms with van der Waals surface area (Å²) in [6, 6.07) is 5.53. The van der Waals surface area contributed by atoms with Crippen molar-refractivity contribution in [1.82, 2.24) is 4.90 Å². The molecule has 1 aliphatic rings. The molecule has 2 atom stereocenters. The van der Waals surface area contributed by atoms with E-state index in [-0.39, 0.29) is 11.9 Å². The predicted octanol–water partition coefficient (Wildman–Crippen LogP) is 1.99. The van der Waals surface area contributed by atoms with Crippen LogP contribution in [0, 0.1) is 5.92 Å². The van der Waals surface area contributed by atoms with Gasteiger partial charge >= 0.3 is 0 Å². The van der Waals surface area contributed by atoms with Gasteiger partial charge in [-0.2, -0.15) is 0 Å². The van der Waals surface area contributed by atoms with Gasteiger partial charge in [0.05, 0.1) is 13.2 Å². The first kappa shape index (κ1) is 14.2. The third kappa shape index (κ3) is 3.39. The maximum atomic E-state index is 10.0. The fraction of sp³-hybridized carbons (Fsp3) is 0.600. The number of methoxy groups -OCH3 is 1. The Bertz CT molecular complexity index is 422. The highest BCUT2D eigenvalue weighted by Gasteiger charge is 2.26. The van der Waals surface area contributed by atoms with Crippen LogP contribution in [0.5, 0.6) is 11.5 Å². The number of phenolic OH excluding ortho intramolecular Hbond substituents is 1. The number of aliphatic hydroxyl groups excluding tert-OH is 1. The second kappa shape index (κ2) is 6.26. The molecule has 0 amide bonds. The lowest BCUT2D eigenvalue weighted by atomic mass is 10.1. The molecule has 0 aliphatic heterocycles. The summed E-state index contributed by atoms with van der Waals surface area (Å²) in [6.07, 6.45) is 2.96. The zero-order valence-electron chi connectivity index (χ0n) is 11.7. The standard InChI is InChI=1S/C15H23NO3/c1-16(9-11-5-3-7-13(11)17)10-12-6-4-8-14(19-2)15(12)18/h4,6,8,11,13,17-18H,3,5,7,9-10H2,1-2H3. The fourth-order valence-electron chi connectivity index (χ4n) is 2.85. The molecule has 2 N–H and O–H groups in total. The molecule has 1 saturated carbocycles. The Morgan fingerprint density at radius 1 is 1.37 bits per heavy atom. The third-order valence-electron chi connectivity index (χ3n) is 3.91. The number of para-hydroxylation sites is 1. The molecule has 0 aromatic heterocycles. The summed E-state index contributed by atoms with van der Waals surface area (Å²) in [6.45, 7) is 1.52. The molecule has 4 nitrogen and oxygen atoms in total. The SMILES string of the molecule is COc1cccc(CN(C)CC2CCCC2O)c1O. The Kier molecular flexibility index (Phi) is 4.66. The first-order valence-electron chi connectivity index (χ1n) is 6.83. The largest absolute Gasteiger partial charge is 0.504 e. The summed E-state index contributed by atoms with van der Waals surface area (Å²) >= 11 is 0. The number of benzene rings is 1. The van der Waals surface area contributed by atoms with E-state index in [9.17, 15) is 10.2 Å². The number of aromatic hydroxyl groups is 1. The van der Waals surface area contributed by atoms with E-state index in [0.717, 1.165) is 31.4 Å². The number of nitrogens with zero attached hydrogens (tertiary/aromatic N) is 1. The molecule has 1 aliphatic carbocycles. The van der Waals surface area contributed by atoms with Gasteiger partial charge in [-0.1, -0.05) is 18.6 Å². The highest BCUT2D eigenvalue weighted by atomic mass is 16.5. The van der Waals surface area contributed by atoms with Gasteiger partial charge < -0.3 is 19.8 Å². The van der Waals surface area contributed by atoms with Gasteiger partial charge in [-0.15, -0.1) is 0 Å². The molecule has 2 rings (SSSR count). The molecule has 106 valence electrons. The second-order valence-corrected chi connectivity index (χ2v) is 5.42. The van der Waals surface area contributed by atoms with E-state index in [0.29, 0.717) is 18.2 Å². The third-order valence-corrected chi connectivity index (χ3v) is 3.91. The second-order valence-electron chi connectivity index (χ2n) is 5.42. The van der Waals surface area contributed by atoms with Gasteiger partial charge in [0.1, 0.15) is 0 Å². The van der Waals surface area contributed by atoms with Crippen molar-refractivity contribution in [1.29, 1.82) is 0 Å². The van der Waals surface area contributed by atoms with Crippen LogP contribution in [-0.4, -0.2) is 41.9 Å². The lowest BCUT2D eigenvalue weighted by molar-refractivity contribution is 0.107. The van der Waals surface area contributed by atoms with E-state index in [1.807, 2.05) is 19.2 Å². The molecule has 2 unspecified atom stereocenters. The Balaban J connectivity index is 1.96.